The lowest BCUT2D eigenvalue weighted by molar-refractivity contribution is -0.126. The fourth-order valence-electron chi connectivity index (χ4n) is 2.83. The standard InChI is InChI=1S/C21H25N5O4/c1-21(2,22)20(28)23-16(13-30-12-14-8-5-4-6-9-14)18-25-24-17-15(19(27)29-3)10-7-11-26(17)18/h4-11,16H,12-13,22H2,1-3H3,(H,23,28)/t16-/m1/s1. The monoisotopic (exact) mass is 411 g/mol. The van der Waals surface area contributed by atoms with Gasteiger partial charge in [0.25, 0.3) is 0 Å². The van der Waals surface area contributed by atoms with Crippen LogP contribution >= 0.6 is 0 Å². The van der Waals surface area contributed by atoms with E-state index in [1.54, 1.807) is 36.6 Å². The molecule has 0 radical (unpaired) electrons. The van der Waals surface area contributed by atoms with Gasteiger partial charge in [-0.05, 0) is 31.5 Å². The highest BCUT2D eigenvalue weighted by atomic mass is 16.5. The number of nitrogens with one attached hydrogen (secondary N) is 1. The van der Waals surface area contributed by atoms with Gasteiger partial charge in [0, 0.05) is 6.20 Å². The Morgan fingerprint density at radius 2 is 1.90 bits per heavy atom. The molecule has 0 spiro atoms. The highest BCUT2D eigenvalue weighted by molar-refractivity contribution is 5.95. The van der Waals surface area contributed by atoms with Gasteiger partial charge >= 0.3 is 5.97 Å². The van der Waals surface area contributed by atoms with Gasteiger partial charge in [-0.2, -0.15) is 0 Å². The smallest absolute Gasteiger partial charge is 0.341 e. The summed E-state index contributed by atoms with van der Waals surface area (Å²) in [6.07, 6.45) is 1.71. The van der Waals surface area contributed by atoms with Crippen molar-refractivity contribution in [2.75, 3.05) is 13.7 Å². The first kappa shape index (κ1) is 21.4. The molecule has 0 aliphatic carbocycles. The predicted molar refractivity (Wildman–Crippen MR) is 110 cm³/mol. The molecule has 1 aromatic carbocycles. The zero-order valence-electron chi connectivity index (χ0n) is 17.2. The summed E-state index contributed by atoms with van der Waals surface area (Å²) in [4.78, 5) is 24.6. The van der Waals surface area contributed by atoms with Gasteiger partial charge in [0.1, 0.15) is 11.6 Å². The minimum absolute atomic E-state index is 0.139. The minimum Gasteiger partial charge on any atom is -0.465 e. The molecule has 2 heterocycles. The van der Waals surface area contributed by atoms with E-state index in [9.17, 15) is 9.59 Å². The molecule has 30 heavy (non-hydrogen) atoms. The second-order valence-electron chi connectivity index (χ2n) is 7.41. The summed E-state index contributed by atoms with van der Waals surface area (Å²) in [5, 5.41) is 11.2. The molecule has 0 fully saturated rings. The fourth-order valence-corrected chi connectivity index (χ4v) is 2.83. The number of benzene rings is 1. The number of rotatable bonds is 8. The summed E-state index contributed by atoms with van der Waals surface area (Å²) < 4.78 is 12.3. The highest BCUT2D eigenvalue weighted by Crippen LogP contribution is 2.18. The van der Waals surface area contributed by atoms with E-state index in [2.05, 4.69) is 15.5 Å². The summed E-state index contributed by atoms with van der Waals surface area (Å²) in [6.45, 7) is 3.73. The van der Waals surface area contributed by atoms with Crippen molar-refractivity contribution in [2.45, 2.75) is 32.0 Å². The lowest BCUT2D eigenvalue weighted by atomic mass is 10.1. The molecule has 3 N–H and O–H groups in total. The molecule has 0 aliphatic rings. The number of methoxy groups -OCH3 is 1. The van der Waals surface area contributed by atoms with Crippen LogP contribution in [0.4, 0.5) is 0 Å². The van der Waals surface area contributed by atoms with Gasteiger partial charge in [0.05, 0.1) is 25.9 Å². The van der Waals surface area contributed by atoms with Crippen molar-refractivity contribution < 1.29 is 19.1 Å². The molecular weight excluding hydrogens is 386 g/mol. The number of hydrogen-bond acceptors (Lipinski definition) is 7. The maximum Gasteiger partial charge on any atom is 0.341 e. The number of amides is 1. The van der Waals surface area contributed by atoms with Crippen molar-refractivity contribution in [1.82, 2.24) is 19.9 Å². The Bertz CT molecular complexity index is 1030. The van der Waals surface area contributed by atoms with Crippen LogP contribution in [0.25, 0.3) is 5.65 Å². The van der Waals surface area contributed by atoms with E-state index in [0.717, 1.165) is 5.56 Å². The first-order valence-corrected chi connectivity index (χ1v) is 9.44. The number of carbonyl (C=O) groups is 2. The van der Waals surface area contributed by atoms with E-state index in [4.69, 9.17) is 15.2 Å². The Hall–Kier alpha value is -3.30. The molecule has 9 nitrogen and oxygen atoms in total. The molecule has 0 saturated carbocycles. The van der Waals surface area contributed by atoms with Crippen LogP contribution < -0.4 is 11.1 Å². The first-order chi connectivity index (χ1) is 14.3. The Balaban J connectivity index is 1.89. The quantitative estimate of drug-likeness (QED) is 0.540. The third-order valence-corrected chi connectivity index (χ3v) is 4.46. The van der Waals surface area contributed by atoms with Crippen molar-refractivity contribution in [3.63, 3.8) is 0 Å². The molecule has 0 unspecified atom stereocenters. The zero-order chi connectivity index (χ0) is 21.7. The molecule has 2 aromatic heterocycles. The summed E-state index contributed by atoms with van der Waals surface area (Å²) in [7, 11) is 1.30. The van der Waals surface area contributed by atoms with Gasteiger partial charge < -0.3 is 20.5 Å². The molecule has 3 rings (SSSR count). The topological polar surface area (TPSA) is 121 Å². The molecule has 0 aliphatic heterocycles. The third-order valence-electron chi connectivity index (χ3n) is 4.46. The molecule has 0 saturated heterocycles. The zero-order valence-corrected chi connectivity index (χ0v) is 17.2. The highest BCUT2D eigenvalue weighted by Gasteiger charge is 2.28. The summed E-state index contributed by atoms with van der Waals surface area (Å²) in [6, 6.07) is 12.3. The molecular formula is C21H25N5O4. The van der Waals surface area contributed by atoms with Crippen molar-refractivity contribution in [3.8, 4) is 0 Å². The van der Waals surface area contributed by atoms with E-state index in [-0.39, 0.29) is 18.1 Å². The summed E-state index contributed by atoms with van der Waals surface area (Å²) >= 11 is 0. The van der Waals surface area contributed by atoms with Crippen molar-refractivity contribution in [1.29, 1.82) is 0 Å². The van der Waals surface area contributed by atoms with Crippen LogP contribution in [-0.2, 0) is 20.9 Å². The fraction of sp³-hybridized carbons (Fsp3) is 0.333. The van der Waals surface area contributed by atoms with Crippen LogP contribution in [0.2, 0.25) is 0 Å². The van der Waals surface area contributed by atoms with Crippen LogP contribution in [0.3, 0.4) is 0 Å². The van der Waals surface area contributed by atoms with E-state index in [1.807, 2.05) is 30.3 Å². The maximum absolute atomic E-state index is 12.5. The van der Waals surface area contributed by atoms with Crippen LogP contribution in [0.15, 0.2) is 48.7 Å². The average Bonchev–Trinajstić information content (AvgIpc) is 3.16. The lowest BCUT2D eigenvalue weighted by Gasteiger charge is -2.23. The maximum atomic E-state index is 12.5. The van der Waals surface area contributed by atoms with E-state index in [1.165, 1.54) is 7.11 Å². The van der Waals surface area contributed by atoms with Crippen molar-refractivity contribution in [2.24, 2.45) is 5.73 Å². The normalized spacial score (nSPS) is 12.5. The Kier molecular flexibility index (Phi) is 6.43. The summed E-state index contributed by atoms with van der Waals surface area (Å²) in [5.74, 6) is -0.471. The number of nitrogens with zero attached hydrogens (tertiary/aromatic N) is 3. The van der Waals surface area contributed by atoms with Gasteiger partial charge in [-0.25, -0.2) is 4.79 Å². The molecule has 9 heteroatoms. The second-order valence-corrected chi connectivity index (χ2v) is 7.41. The Labute approximate surface area is 174 Å². The van der Waals surface area contributed by atoms with Gasteiger partial charge in [-0.3, -0.25) is 9.20 Å². The van der Waals surface area contributed by atoms with Gasteiger partial charge in [-0.1, -0.05) is 30.3 Å². The number of esters is 1. The number of pyridine rings is 1. The van der Waals surface area contributed by atoms with Gasteiger partial charge in [-0.15, -0.1) is 10.2 Å². The number of carbonyl (C=O) groups excluding carboxylic acids is 2. The summed E-state index contributed by atoms with van der Waals surface area (Å²) in [5.41, 5.74) is 6.45. The van der Waals surface area contributed by atoms with E-state index >= 15 is 0 Å². The molecule has 0 bridgehead atoms. The van der Waals surface area contributed by atoms with Crippen LogP contribution in [0.1, 0.15) is 41.6 Å². The van der Waals surface area contributed by atoms with E-state index in [0.29, 0.717) is 18.1 Å². The number of hydrogen-bond donors (Lipinski definition) is 2. The average molecular weight is 411 g/mol. The number of fused-ring (bicyclic) bond motifs is 1. The number of nitrogens with two attached hydrogens (primary N) is 1. The van der Waals surface area contributed by atoms with Crippen LogP contribution in [0.5, 0.6) is 0 Å². The van der Waals surface area contributed by atoms with Crippen LogP contribution in [-0.4, -0.2) is 45.7 Å². The predicted octanol–water partition coefficient (Wildman–Crippen LogP) is 1.63. The van der Waals surface area contributed by atoms with Crippen molar-refractivity contribution in [3.05, 3.63) is 65.6 Å². The Morgan fingerprint density at radius 1 is 1.17 bits per heavy atom. The van der Waals surface area contributed by atoms with Gasteiger partial charge in [0.15, 0.2) is 11.5 Å². The number of aromatic nitrogens is 3. The first-order valence-electron chi connectivity index (χ1n) is 9.44. The second kappa shape index (κ2) is 9.02. The Morgan fingerprint density at radius 3 is 2.57 bits per heavy atom. The minimum atomic E-state index is -1.09. The lowest BCUT2D eigenvalue weighted by Crippen LogP contribution is -2.50. The SMILES string of the molecule is COC(=O)c1cccn2c([C@@H](COCc3ccccc3)NC(=O)C(C)(C)N)nnc12. The van der Waals surface area contributed by atoms with E-state index < -0.39 is 17.6 Å². The largest absolute Gasteiger partial charge is 0.465 e. The van der Waals surface area contributed by atoms with Crippen molar-refractivity contribution >= 4 is 17.5 Å². The van der Waals surface area contributed by atoms with Crippen LogP contribution in [0, 0.1) is 0 Å². The molecule has 1 atom stereocenters. The molecule has 1 amide bonds. The molecule has 3 aromatic rings. The third kappa shape index (κ3) is 4.81. The molecule has 158 valence electrons. The number of ether oxygens (including phenoxy) is 2. The van der Waals surface area contributed by atoms with Gasteiger partial charge in [0.2, 0.25) is 5.91 Å².